The summed E-state index contributed by atoms with van der Waals surface area (Å²) in [6.07, 6.45) is 0.551. The maximum atomic E-state index is 12.7. The van der Waals surface area contributed by atoms with E-state index < -0.39 is 15.7 Å². The van der Waals surface area contributed by atoms with Gasteiger partial charge in [0.25, 0.3) is 5.91 Å². The number of carbonyl (C=O) groups is 1. The van der Waals surface area contributed by atoms with E-state index in [1.807, 2.05) is 55.5 Å². The maximum Gasteiger partial charge on any atom is 0.277 e. The van der Waals surface area contributed by atoms with E-state index in [1.165, 1.54) is 18.2 Å². The summed E-state index contributed by atoms with van der Waals surface area (Å²) in [5.41, 5.74) is 3.31. The SMILES string of the molecule is CCCS(=O)(=O)c1ccc(-c2cc(C(=O)Nc3ccc(-c4nc5ccccc5s4)cc3)no2)cc1. The molecule has 2 heterocycles. The number of aromatic nitrogens is 2. The second-order valence-electron chi connectivity index (χ2n) is 7.94. The molecule has 0 aliphatic carbocycles. The number of nitrogens with zero attached hydrogens (tertiary/aromatic N) is 2. The lowest BCUT2D eigenvalue weighted by Gasteiger charge is -2.04. The number of sulfone groups is 1. The third-order valence-corrected chi connectivity index (χ3v) is 8.42. The number of carbonyl (C=O) groups excluding carboxylic acids is 1. The first-order valence-corrected chi connectivity index (χ1v) is 13.5. The van der Waals surface area contributed by atoms with Crippen LogP contribution in [0.3, 0.4) is 0 Å². The van der Waals surface area contributed by atoms with Gasteiger partial charge >= 0.3 is 0 Å². The van der Waals surface area contributed by atoms with Gasteiger partial charge in [0.05, 0.1) is 20.9 Å². The minimum absolute atomic E-state index is 0.0978. The molecule has 5 rings (SSSR count). The molecule has 1 N–H and O–H groups in total. The average Bonchev–Trinajstić information content (AvgIpc) is 3.52. The summed E-state index contributed by atoms with van der Waals surface area (Å²) in [5, 5.41) is 7.59. The first-order chi connectivity index (χ1) is 16.9. The smallest absolute Gasteiger partial charge is 0.277 e. The van der Waals surface area contributed by atoms with Gasteiger partial charge in [-0.1, -0.05) is 24.2 Å². The van der Waals surface area contributed by atoms with Crippen molar-refractivity contribution in [2.75, 3.05) is 11.1 Å². The second-order valence-corrected chi connectivity index (χ2v) is 11.1. The quantitative estimate of drug-likeness (QED) is 0.290. The van der Waals surface area contributed by atoms with Gasteiger partial charge in [0.2, 0.25) is 0 Å². The lowest BCUT2D eigenvalue weighted by atomic mass is 10.1. The van der Waals surface area contributed by atoms with E-state index >= 15 is 0 Å². The number of hydrogen-bond acceptors (Lipinski definition) is 7. The Kier molecular flexibility index (Phi) is 6.19. The molecule has 0 unspecified atom stereocenters. The molecule has 0 fully saturated rings. The lowest BCUT2D eigenvalue weighted by Crippen LogP contribution is -2.11. The molecule has 0 aliphatic rings. The molecule has 0 saturated heterocycles. The molecule has 7 nitrogen and oxygen atoms in total. The Balaban J connectivity index is 1.27. The highest BCUT2D eigenvalue weighted by Crippen LogP contribution is 2.30. The summed E-state index contributed by atoms with van der Waals surface area (Å²) < 4.78 is 30.8. The van der Waals surface area contributed by atoms with Crippen molar-refractivity contribution >= 4 is 43.0 Å². The van der Waals surface area contributed by atoms with Crippen molar-refractivity contribution in [2.24, 2.45) is 0 Å². The third-order valence-electron chi connectivity index (χ3n) is 5.40. The van der Waals surface area contributed by atoms with E-state index in [4.69, 9.17) is 4.52 Å². The highest BCUT2D eigenvalue weighted by atomic mass is 32.2. The molecule has 5 aromatic rings. The number of nitrogens with one attached hydrogen (secondary N) is 1. The standard InChI is InChI=1S/C26H21N3O4S2/c1-2-15-35(31,32)20-13-9-17(10-14-20)23-16-22(29-33-23)25(30)27-19-11-7-18(8-12-19)26-28-21-5-3-4-6-24(21)34-26/h3-14,16H,2,15H2,1H3,(H,27,30). The Morgan fingerprint density at radius 2 is 1.69 bits per heavy atom. The molecule has 176 valence electrons. The topological polar surface area (TPSA) is 102 Å². The van der Waals surface area contributed by atoms with Crippen molar-refractivity contribution in [3.63, 3.8) is 0 Å². The van der Waals surface area contributed by atoms with Crippen molar-refractivity contribution in [3.05, 3.63) is 84.6 Å². The van der Waals surface area contributed by atoms with Crippen LogP contribution in [0.4, 0.5) is 5.69 Å². The number of amides is 1. The van der Waals surface area contributed by atoms with Gasteiger partial charge in [-0.2, -0.15) is 0 Å². The number of rotatable bonds is 7. The van der Waals surface area contributed by atoms with Gasteiger partial charge in [-0.15, -0.1) is 11.3 Å². The number of benzene rings is 3. The van der Waals surface area contributed by atoms with E-state index in [9.17, 15) is 13.2 Å². The fraction of sp³-hybridized carbons (Fsp3) is 0.115. The van der Waals surface area contributed by atoms with Crippen molar-refractivity contribution in [3.8, 4) is 21.9 Å². The van der Waals surface area contributed by atoms with Gasteiger partial charge in [0.1, 0.15) is 5.01 Å². The Morgan fingerprint density at radius 1 is 0.971 bits per heavy atom. The van der Waals surface area contributed by atoms with Crippen LogP contribution in [0.2, 0.25) is 0 Å². The molecule has 0 saturated carbocycles. The Bertz CT molecular complexity index is 1570. The summed E-state index contributed by atoms with van der Waals surface area (Å²) in [7, 11) is -3.29. The molecule has 3 aromatic carbocycles. The molecule has 0 aliphatic heterocycles. The van der Waals surface area contributed by atoms with E-state index in [0.717, 1.165) is 20.8 Å². The van der Waals surface area contributed by atoms with Crippen LogP contribution in [-0.2, 0) is 9.84 Å². The number of hydrogen-bond donors (Lipinski definition) is 1. The molecule has 1 amide bonds. The van der Waals surface area contributed by atoms with Crippen LogP contribution in [0.15, 0.2) is 88.3 Å². The highest BCUT2D eigenvalue weighted by Gasteiger charge is 2.17. The number of para-hydroxylation sites is 1. The predicted octanol–water partition coefficient (Wildman–Crippen LogP) is 6.05. The maximum absolute atomic E-state index is 12.7. The highest BCUT2D eigenvalue weighted by molar-refractivity contribution is 7.91. The third kappa shape index (κ3) is 4.87. The largest absolute Gasteiger partial charge is 0.355 e. The number of thiazole rings is 1. The minimum atomic E-state index is -3.29. The molecule has 35 heavy (non-hydrogen) atoms. The monoisotopic (exact) mass is 503 g/mol. The van der Waals surface area contributed by atoms with Crippen molar-refractivity contribution in [1.82, 2.24) is 10.1 Å². The zero-order chi connectivity index (χ0) is 24.4. The van der Waals surface area contributed by atoms with Gasteiger partial charge < -0.3 is 9.84 Å². The Labute approximate surface area is 206 Å². The fourth-order valence-corrected chi connectivity index (χ4v) is 5.91. The first kappa shape index (κ1) is 22.9. The summed E-state index contributed by atoms with van der Waals surface area (Å²) in [4.78, 5) is 17.6. The van der Waals surface area contributed by atoms with Crippen LogP contribution in [0.5, 0.6) is 0 Å². The normalized spacial score (nSPS) is 11.6. The van der Waals surface area contributed by atoms with Crippen LogP contribution in [0.25, 0.3) is 32.1 Å². The van der Waals surface area contributed by atoms with Crippen molar-refractivity contribution in [1.29, 1.82) is 0 Å². The molecular weight excluding hydrogens is 482 g/mol. The van der Waals surface area contributed by atoms with Gasteiger partial charge in [-0.25, -0.2) is 13.4 Å². The number of anilines is 1. The van der Waals surface area contributed by atoms with Gasteiger partial charge in [0, 0.05) is 22.9 Å². The number of fused-ring (bicyclic) bond motifs is 1. The van der Waals surface area contributed by atoms with Crippen LogP contribution < -0.4 is 5.32 Å². The van der Waals surface area contributed by atoms with E-state index in [0.29, 0.717) is 23.4 Å². The molecule has 9 heteroatoms. The Morgan fingerprint density at radius 3 is 2.40 bits per heavy atom. The van der Waals surface area contributed by atoms with Crippen molar-refractivity contribution < 1.29 is 17.7 Å². The van der Waals surface area contributed by atoms with Crippen LogP contribution >= 0.6 is 11.3 Å². The summed E-state index contributed by atoms with van der Waals surface area (Å²) in [6.45, 7) is 1.82. The predicted molar refractivity (Wildman–Crippen MR) is 137 cm³/mol. The summed E-state index contributed by atoms with van der Waals surface area (Å²) in [5.74, 6) is 0.0660. The average molecular weight is 504 g/mol. The lowest BCUT2D eigenvalue weighted by molar-refractivity contribution is 0.101. The van der Waals surface area contributed by atoms with Gasteiger partial charge in [-0.05, 0) is 67.1 Å². The molecule has 2 aromatic heterocycles. The fourth-order valence-electron chi connectivity index (χ4n) is 3.62. The van der Waals surface area contributed by atoms with Gasteiger partial charge in [0.15, 0.2) is 21.3 Å². The molecule has 0 radical (unpaired) electrons. The van der Waals surface area contributed by atoms with E-state index in [-0.39, 0.29) is 16.3 Å². The van der Waals surface area contributed by atoms with E-state index in [2.05, 4.69) is 15.5 Å². The van der Waals surface area contributed by atoms with Crippen LogP contribution in [0, 0.1) is 0 Å². The zero-order valence-electron chi connectivity index (χ0n) is 18.8. The zero-order valence-corrected chi connectivity index (χ0v) is 20.4. The molecular formula is C26H21N3O4S2. The molecule has 0 bridgehead atoms. The summed E-state index contributed by atoms with van der Waals surface area (Å²) >= 11 is 1.62. The molecule has 0 atom stereocenters. The summed E-state index contributed by atoms with van der Waals surface area (Å²) in [6, 6.07) is 23.3. The minimum Gasteiger partial charge on any atom is -0.355 e. The van der Waals surface area contributed by atoms with Crippen LogP contribution in [-0.4, -0.2) is 30.2 Å². The molecule has 0 spiro atoms. The second kappa shape index (κ2) is 9.44. The van der Waals surface area contributed by atoms with Crippen LogP contribution in [0.1, 0.15) is 23.8 Å². The van der Waals surface area contributed by atoms with Crippen molar-refractivity contribution in [2.45, 2.75) is 18.2 Å². The van der Waals surface area contributed by atoms with E-state index in [1.54, 1.807) is 23.5 Å². The first-order valence-electron chi connectivity index (χ1n) is 11.0. The van der Waals surface area contributed by atoms with Gasteiger partial charge in [-0.3, -0.25) is 4.79 Å². The Hall–Kier alpha value is -3.82.